The van der Waals surface area contributed by atoms with E-state index in [4.69, 9.17) is 5.21 Å². The van der Waals surface area contributed by atoms with Crippen molar-refractivity contribution in [3.05, 3.63) is 16.6 Å². The molecule has 0 amide bonds. The first-order valence-electron chi connectivity index (χ1n) is 3.58. The fourth-order valence-electron chi connectivity index (χ4n) is 0.711. The van der Waals surface area contributed by atoms with Crippen LogP contribution in [0, 0.1) is 0 Å². The Morgan fingerprint density at radius 2 is 2.62 bits per heavy atom. The second kappa shape index (κ2) is 4.56. The minimum Gasteiger partial charge on any atom is -0.461 e. The molecule has 0 aliphatic carbocycles. The summed E-state index contributed by atoms with van der Waals surface area (Å²) in [6.45, 7) is 1.91. The molecule has 1 aromatic heterocycles. The number of esters is 1. The summed E-state index contributed by atoms with van der Waals surface area (Å²) in [5.74, 6) is -0.667. The van der Waals surface area contributed by atoms with Gasteiger partial charge in [0.1, 0.15) is 0 Å². The van der Waals surface area contributed by atoms with E-state index in [0.29, 0.717) is 5.01 Å². The molecule has 0 unspecified atom stereocenters. The molecular weight excluding hydrogens is 192 g/mol. The van der Waals surface area contributed by atoms with Crippen molar-refractivity contribution < 1.29 is 14.7 Å². The smallest absolute Gasteiger partial charge is 0.363 e. The summed E-state index contributed by atoms with van der Waals surface area (Å²) in [6, 6.07) is 0. The van der Waals surface area contributed by atoms with Crippen LogP contribution in [0.25, 0.3) is 0 Å². The van der Waals surface area contributed by atoms with Gasteiger partial charge in [-0.25, -0.2) is 9.78 Å². The molecular formula is C7H8N2O3S. The van der Waals surface area contributed by atoms with Crippen molar-refractivity contribution in [2.45, 2.75) is 6.92 Å². The lowest BCUT2D eigenvalue weighted by Crippen LogP contribution is -2.18. The van der Waals surface area contributed by atoms with Gasteiger partial charge in [-0.2, -0.15) is 0 Å². The Hall–Kier alpha value is -1.43. The number of aromatic nitrogens is 1. The van der Waals surface area contributed by atoms with Gasteiger partial charge < -0.3 is 9.94 Å². The van der Waals surface area contributed by atoms with Gasteiger partial charge in [0.15, 0.2) is 5.01 Å². The molecule has 1 N–H and O–H groups in total. The number of oxime groups is 1. The first-order valence-corrected chi connectivity index (χ1v) is 4.46. The third-order valence-corrected chi connectivity index (χ3v) is 1.98. The van der Waals surface area contributed by atoms with Gasteiger partial charge in [-0.3, -0.25) is 0 Å². The van der Waals surface area contributed by atoms with Gasteiger partial charge in [0, 0.05) is 11.6 Å². The quantitative estimate of drug-likeness (QED) is 0.340. The standard InChI is InChI=1S/C7H8N2O3S/c1-2-12-7(10)5(9-11)6-8-3-4-13-6/h3-4,11H,2H2,1H3/b9-5+. The molecule has 0 bridgehead atoms. The van der Waals surface area contributed by atoms with Crippen LogP contribution in [0.1, 0.15) is 11.9 Å². The van der Waals surface area contributed by atoms with Crippen molar-refractivity contribution in [1.82, 2.24) is 4.98 Å². The minimum atomic E-state index is -0.667. The van der Waals surface area contributed by atoms with E-state index in [-0.39, 0.29) is 12.3 Å². The maximum Gasteiger partial charge on any atom is 0.363 e. The van der Waals surface area contributed by atoms with E-state index < -0.39 is 5.97 Å². The molecule has 70 valence electrons. The highest BCUT2D eigenvalue weighted by atomic mass is 32.1. The normalized spacial score (nSPS) is 11.3. The van der Waals surface area contributed by atoms with Crippen LogP contribution in [0.3, 0.4) is 0 Å². The molecule has 13 heavy (non-hydrogen) atoms. The first-order chi connectivity index (χ1) is 6.29. The Morgan fingerprint density at radius 1 is 1.85 bits per heavy atom. The lowest BCUT2D eigenvalue weighted by Gasteiger charge is -1.99. The van der Waals surface area contributed by atoms with Crippen LogP contribution in [-0.2, 0) is 9.53 Å². The highest BCUT2D eigenvalue weighted by molar-refractivity contribution is 7.12. The van der Waals surface area contributed by atoms with E-state index in [1.165, 1.54) is 17.5 Å². The molecule has 0 aliphatic heterocycles. The molecule has 0 fully saturated rings. The van der Waals surface area contributed by atoms with Crippen molar-refractivity contribution in [2.24, 2.45) is 5.16 Å². The zero-order valence-corrected chi connectivity index (χ0v) is 7.74. The predicted octanol–water partition coefficient (Wildman–Crippen LogP) is 0.885. The molecule has 5 nitrogen and oxygen atoms in total. The Bertz CT molecular complexity index is 308. The SMILES string of the molecule is CCOC(=O)/C(=N/O)c1nccs1. The van der Waals surface area contributed by atoms with E-state index in [2.05, 4.69) is 14.9 Å². The summed E-state index contributed by atoms with van der Waals surface area (Å²) in [5.41, 5.74) is -0.156. The monoisotopic (exact) mass is 200 g/mol. The van der Waals surface area contributed by atoms with E-state index >= 15 is 0 Å². The van der Waals surface area contributed by atoms with Gasteiger partial charge >= 0.3 is 5.97 Å². The Kier molecular flexibility index (Phi) is 3.39. The van der Waals surface area contributed by atoms with Gasteiger partial charge in [0.05, 0.1) is 6.61 Å². The molecule has 0 saturated carbocycles. The van der Waals surface area contributed by atoms with E-state index in [9.17, 15) is 4.79 Å². The highest BCUT2D eigenvalue weighted by Crippen LogP contribution is 2.06. The van der Waals surface area contributed by atoms with Crippen molar-refractivity contribution in [3.8, 4) is 0 Å². The molecule has 1 aromatic rings. The van der Waals surface area contributed by atoms with Gasteiger partial charge in [-0.1, -0.05) is 5.16 Å². The number of carbonyl (C=O) groups excluding carboxylic acids is 1. The van der Waals surface area contributed by atoms with Crippen molar-refractivity contribution in [2.75, 3.05) is 6.61 Å². The molecule has 1 heterocycles. The second-order valence-electron chi connectivity index (χ2n) is 2.01. The molecule has 6 heteroatoms. The zero-order chi connectivity index (χ0) is 9.68. The molecule has 0 spiro atoms. The third-order valence-electron chi connectivity index (χ3n) is 1.20. The molecule has 1 rings (SSSR count). The lowest BCUT2D eigenvalue weighted by atomic mass is 10.4. The summed E-state index contributed by atoms with van der Waals surface area (Å²) in [6.07, 6.45) is 1.52. The van der Waals surface area contributed by atoms with Crippen LogP contribution in [0.15, 0.2) is 16.7 Å². The number of ether oxygens (including phenoxy) is 1. The van der Waals surface area contributed by atoms with E-state index in [0.717, 1.165) is 0 Å². The topological polar surface area (TPSA) is 71.8 Å². The third kappa shape index (κ3) is 2.25. The van der Waals surface area contributed by atoms with Crippen molar-refractivity contribution in [1.29, 1.82) is 0 Å². The van der Waals surface area contributed by atoms with E-state index in [1.807, 2.05) is 0 Å². The molecule has 0 aliphatic rings. The number of rotatable bonds is 3. The second-order valence-corrected chi connectivity index (χ2v) is 2.90. The lowest BCUT2D eigenvalue weighted by molar-refractivity contribution is -0.135. The van der Waals surface area contributed by atoms with Crippen LogP contribution in [0.4, 0.5) is 0 Å². The summed E-state index contributed by atoms with van der Waals surface area (Å²) in [7, 11) is 0. The number of hydrogen-bond donors (Lipinski definition) is 1. The molecule has 0 atom stereocenters. The summed E-state index contributed by atoms with van der Waals surface area (Å²) in [5, 5.41) is 13.4. The van der Waals surface area contributed by atoms with Crippen molar-refractivity contribution in [3.63, 3.8) is 0 Å². The largest absolute Gasteiger partial charge is 0.461 e. The van der Waals surface area contributed by atoms with Crippen LogP contribution in [0.5, 0.6) is 0 Å². The number of nitrogens with zero attached hydrogens (tertiary/aromatic N) is 2. The average Bonchev–Trinajstić information content (AvgIpc) is 2.59. The predicted molar refractivity (Wildman–Crippen MR) is 47.1 cm³/mol. The minimum absolute atomic E-state index is 0.156. The fourth-order valence-corrected chi connectivity index (χ4v) is 1.32. The van der Waals surface area contributed by atoms with Crippen LogP contribution >= 0.6 is 11.3 Å². The zero-order valence-electron chi connectivity index (χ0n) is 6.93. The van der Waals surface area contributed by atoms with Gasteiger partial charge in [-0.05, 0) is 6.92 Å². The van der Waals surface area contributed by atoms with Crippen molar-refractivity contribution >= 4 is 23.0 Å². The Labute approximate surface area is 78.7 Å². The van der Waals surface area contributed by atoms with Gasteiger partial charge in [0.25, 0.3) is 0 Å². The number of hydrogen-bond acceptors (Lipinski definition) is 6. The Morgan fingerprint density at radius 3 is 3.08 bits per heavy atom. The van der Waals surface area contributed by atoms with Crippen LogP contribution in [0.2, 0.25) is 0 Å². The number of carbonyl (C=O) groups is 1. The summed E-state index contributed by atoms with van der Waals surface area (Å²) in [4.78, 5) is 14.9. The fraction of sp³-hybridized carbons (Fsp3) is 0.286. The van der Waals surface area contributed by atoms with Crippen LogP contribution in [-0.4, -0.2) is 28.5 Å². The van der Waals surface area contributed by atoms with E-state index in [1.54, 1.807) is 12.3 Å². The number of thiazole rings is 1. The highest BCUT2D eigenvalue weighted by Gasteiger charge is 2.18. The molecule has 0 radical (unpaired) electrons. The summed E-state index contributed by atoms with van der Waals surface area (Å²) < 4.78 is 4.66. The maximum atomic E-state index is 11.1. The van der Waals surface area contributed by atoms with Gasteiger partial charge in [-0.15, -0.1) is 11.3 Å². The first kappa shape index (κ1) is 9.66. The van der Waals surface area contributed by atoms with Crippen LogP contribution < -0.4 is 0 Å². The Balaban J connectivity index is 2.82. The maximum absolute atomic E-state index is 11.1. The average molecular weight is 200 g/mol. The molecule has 0 saturated heterocycles. The summed E-state index contributed by atoms with van der Waals surface area (Å²) >= 11 is 1.21. The van der Waals surface area contributed by atoms with Gasteiger partial charge in [0.2, 0.25) is 5.71 Å². The molecule has 0 aromatic carbocycles.